The number of hydrogen-bond acceptors (Lipinski definition) is 3. The minimum Gasteiger partial charge on any atom is -0.208 e. The Morgan fingerprint density at radius 2 is 0.662 bits per heavy atom. The van der Waals surface area contributed by atoms with E-state index in [9.17, 15) is 0 Å². The molecule has 1 aromatic heterocycles. The minimum absolute atomic E-state index is 0.378. The Bertz CT molecular complexity index is 3770. The van der Waals surface area contributed by atoms with Gasteiger partial charge in [-0.05, 0) is 113 Å². The average Bonchev–Trinajstić information content (AvgIpc) is 4.06. The van der Waals surface area contributed by atoms with E-state index in [0.29, 0.717) is 17.5 Å². The molecule has 3 heteroatoms. The van der Waals surface area contributed by atoms with E-state index >= 15 is 0 Å². The maximum atomic E-state index is 5.13. The molecular formula is C65H41N3. The second-order valence-corrected chi connectivity index (χ2v) is 18.2. The molecule has 0 amide bonds. The number of hydrogen-bond donors (Lipinski definition) is 0. The van der Waals surface area contributed by atoms with Gasteiger partial charge in [0.25, 0.3) is 0 Å². The quantitative estimate of drug-likeness (QED) is 0.167. The second-order valence-electron chi connectivity index (χ2n) is 18.2. The molecule has 3 aliphatic carbocycles. The van der Waals surface area contributed by atoms with Gasteiger partial charge in [0.05, 0.1) is 5.41 Å². The van der Waals surface area contributed by atoms with E-state index in [1.807, 2.05) is 18.2 Å². The molecule has 10 aromatic carbocycles. The van der Waals surface area contributed by atoms with E-state index in [2.05, 4.69) is 218 Å². The van der Waals surface area contributed by atoms with E-state index in [1.54, 1.807) is 0 Å². The molecule has 0 unspecified atom stereocenters. The highest BCUT2D eigenvalue weighted by molar-refractivity contribution is 6.00. The Kier molecular flexibility index (Phi) is 8.56. The van der Waals surface area contributed by atoms with Crippen molar-refractivity contribution in [3.8, 4) is 101 Å². The Balaban J connectivity index is 0.823. The first-order chi connectivity index (χ1) is 33.7. The van der Waals surface area contributed by atoms with Gasteiger partial charge in [0.15, 0.2) is 17.5 Å². The van der Waals surface area contributed by atoms with Crippen LogP contribution in [0.4, 0.5) is 0 Å². The monoisotopic (exact) mass is 863 g/mol. The third kappa shape index (κ3) is 5.76. The molecule has 0 N–H and O–H groups in total. The maximum absolute atomic E-state index is 5.13. The van der Waals surface area contributed by atoms with Gasteiger partial charge in [-0.25, -0.2) is 15.0 Å². The Morgan fingerprint density at radius 3 is 1.32 bits per heavy atom. The van der Waals surface area contributed by atoms with Crippen molar-refractivity contribution in [1.82, 2.24) is 15.0 Å². The highest BCUT2D eigenvalue weighted by atomic mass is 15.0. The third-order valence-corrected chi connectivity index (χ3v) is 14.6. The summed E-state index contributed by atoms with van der Waals surface area (Å²) in [5, 5.41) is 0. The van der Waals surface area contributed by atoms with Gasteiger partial charge in [-0.3, -0.25) is 0 Å². The second kappa shape index (κ2) is 15.1. The Labute approximate surface area is 395 Å². The molecule has 3 nitrogen and oxygen atoms in total. The van der Waals surface area contributed by atoms with Gasteiger partial charge in [-0.15, -0.1) is 0 Å². The lowest BCUT2D eigenvalue weighted by Crippen LogP contribution is -2.25. The Morgan fingerprint density at radius 1 is 0.250 bits per heavy atom. The van der Waals surface area contributed by atoms with Gasteiger partial charge < -0.3 is 0 Å². The fraction of sp³-hybridized carbons (Fsp3) is 0.0308. The molecule has 316 valence electrons. The molecular weight excluding hydrogens is 823 g/mol. The number of nitrogens with zero attached hydrogens (tertiary/aromatic N) is 3. The van der Waals surface area contributed by atoms with E-state index in [-0.39, 0.29) is 5.41 Å². The molecule has 1 heterocycles. The van der Waals surface area contributed by atoms with E-state index in [1.165, 1.54) is 89.0 Å². The number of benzene rings is 10. The molecule has 0 aliphatic heterocycles. The van der Waals surface area contributed by atoms with Crippen LogP contribution in [0.25, 0.3) is 101 Å². The molecule has 11 aromatic rings. The highest BCUT2D eigenvalue weighted by Gasteiger charge is 2.52. The fourth-order valence-electron chi connectivity index (χ4n) is 11.6. The zero-order chi connectivity index (χ0) is 44.8. The Hall–Kier alpha value is -8.79. The molecule has 0 saturated heterocycles. The molecule has 3 aliphatic rings. The van der Waals surface area contributed by atoms with Gasteiger partial charge in [0, 0.05) is 16.7 Å². The molecule has 0 fully saturated rings. The summed E-state index contributed by atoms with van der Waals surface area (Å²) in [6.45, 7) is 0. The van der Waals surface area contributed by atoms with Crippen molar-refractivity contribution < 1.29 is 0 Å². The molecule has 1 spiro atoms. The molecule has 0 radical (unpaired) electrons. The predicted molar refractivity (Wildman–Crippen MR) is 277 cm³/mol. The van der Waals surface area contributed by atoms with Crippen LogP contribution >= 0.6 is 0 Å². The lowest BCUT2D eigenvalue weighted by Gasteiger charge is -2.30. The molecule has 68 heavy (non-hydrogen) atoms. The van der Waals surface area contributed by atoms with Crippen molar-refractivity contribution in [2.75, 3.05) is 0 Å². The van der Waals surface area contributed by atoms with Crippen LogP contribution in [0.15, 0.2) is 237 Å². The zero-order valence-electron chi connectivity index (χ0n) is 37.1. The lowest BCUT2D eigenvalue weighted by molar-refractivity contribution is 0.794. The first-order valence-electron chi connectivity index (χ1n) is 23.5. The molecule has 0 atom stereocenters. The van der Waals surface area contributed by atoms with Crippen molar-refractivity contribution in [2.45, 2.75) is 11.8 Å². The van der Waals surface area contributed by atoms with Crippen molar-refractivity contribution in [2.24, 2.45) is 0 Å². The summed E-state index contributed by atoms with van der Waals surface area (Å²) in [6, 6.07) is 85.9. The standard InChI is InChI=1S/C65H41N3/c1-2-15-43(16-3-1)62-66-63(68-64(67-62)45-37-33-42(34-38-45)50-25-13-20-49-40-47-17-4-5-21-51(47)60(49)50)44-35-31-41(32-36-44)46-18-12-19-48(39-46)52-26-14-30-59-61(52)55-24-8-11-29-58(55)65(59)56-27-9-6-22-53(56)54-23-7-10-28-57(54)65/h1-39H,40H2. The number of rotatable bonds is 6. The first kappa shape index (κ1) is 38.5. The van der Waals surface area contributed by atoms with Crippen LogP contribution in [0, 0.1) is 0 Å². The van der Waals surface area contributed by atoms with Gasteiger partial charge in [-0.2, -0.15) is 0 Å². The smallest absolute Gasteiger partial charge is 0.164 e. The lowest BCUT2D eigenvalue weighted by atomic mass is 9.70. The van der Waals surface area contributed by atoms with Crippen molar-refractivity contribution in [3.05, 3.63) is 270 Å². The van der Waals surface area contributed by atoms with Gasteiger partial charge >= 0.3 is 0 Å². The highest BCUT2D eigenvalue weighted by Crippen LogP contribution is 2.64. The van der Waals surface area contributed by atoms with E-state index < -0.39 is 0 Å². The van der Waals surface area contributed by atoms with Gasteiger partial charge in [0.1, 0.15) is 0 Å². The topological polar surface area (TPSA) is 38.7 Å². The van der Waals surface area contributed by atoms with Crippen LogP contribution in [-0.4, -0.2) is 15.0 Å². The first-order valence-corrected chi connectivity index (χ1v) is 23.5. The van der Waals surface area contributed by atoms with Gasteiger partial charge in [0.2, 0.25) is 0 Å². The summed E-state index contributed by atoms with van der Waals surface area (Å²) in [7, 11) is 0. The van der Waals surface area contributed by atoms with Gasteiger partial charge in [-0.1, -0.05) is 231 Å². The third-order valence-electron chi connectivity index (χ3n) is 14.6. The summed E-state index contributed by atoms with van der Waals surface area (Å²) in [6.07, 6.45) is 0.971. The van der Waals surface area contributed by atoms with E-state index in [0.717, 1.165) is 34.2 Å². The maximum Gasteiger partial charge on any atom is 0.164 e. The summed E-state index contributed by atoms with van der Waals surface area (Å²) < 4.78 is 0. The van der Waals surface area contributed by atoms with Crippen LogP contribution in [0.3, 0.4) is 0 Å². The van der Waals surface area contributed by atoms with Crippen molar-refractivity contribution in [1.29, 1.82) is 0 Å². The van der Waals surface area contributed by atoms with Crippen LogP contribution in [-0.2, 0) is 11.8 Å². The molecule has 14 rings (SSSR count). The SMILES string of the molecule is c1ccc(-c2nc(-c3ccc(-c4cccc(-c5cccc6c5-c5ccccc5C65c6ccccc6-c6ccccc65)c4)cc3)nc(-c3ccc(-c4cccc5c4-c4ccccc4C5)cc3)n2)cc1. The largest absolute Gasteiger partial charge is 0.208 e. The number of fused-ring (bicyclic) bond motifs is 13. The van der Waals surface area contributed by atoms with Crippen LogP contribution in [0.1, 0.15) is 33.4 Å². The summed E-state index contributed by atoms with van der Waals surface area (Å²) in [5.41, 5.74) is 25.7. The zero-order valence-corrected chi connectivity index (χ0v) is 37.1. The van der Waals surface area contributed by atoms with Crippen LogP contribution in [0.2, 0.25) is 0 Å². The van der Waals surface area contributed by atoms with Crippen LogP contribution < -0.4 is 0 Å². The van der Waals surface area contributed by atoms with Crippen LogP contribution in [0.5, 0.6) is 0 Å². The minimum atomic E-state index is -0.378. The van der Waals surface area contributed by atoms with E-state index in [4.69, 9.17) is 15.0 Å². The van der Waals surface area contributed by atoms with Crippen molar-refractivity contribution in [3.63, 3.8) is 0 Å². The average molecular weight is 864 g/mol. The fourth-order valence-corrected chi connectivity index (χ4v) is 11.6. The predicted octanol–water partition coefficient (Wildman–Crippen LogP) is 15.8. The molecule has 0 saturated carbocycles. The number of aromatic nitrogens is 3. The normalized spacial score (nSPS) is 13.1. The summed E-state index contributed by atoms with van der Waals surface area (Å²) in [4.78, 5) is 15.3. The summed E-state index contributed by atoms with van der Waals surface area (Å²) in [5.74, 6) is 1.93. The molecule has 0 bridgehead atoms. The van der Waals surface area contributed by atoms with Crippen molar-refractivity contribution >= 4 is 0 Å². The summed E-state index contributed by atoms with van der Waals surface area (Å²) >= 11 is 0.